The van der Waals surface area contributed by atoms with Crippen molar-refractivity contribution in [3.63, 3.8) is 0 Å². The molecule has 0 N–H and O–H groups in total. The predicted octanol–water partition coefficient (Wildman–Crippen LogP) is 6.73. The number of rotatable bonds is 4. The summed E-state index contributed by atoms with van der Waals surface area (Å²) in [6.07, 6.45) is 0. The molecule has 5 nitrogen and oxygen atoms in total. The number of aryl methyl sites for hydroxylation is 1. The standard InChI is InChI=1S/C22H15Cl2N3O2/c1-14-2-11-19(27(28)29)12-21(14)26-22(16-5-9-18(24)10-6-16)13-20(25-26)15-3-7-17(23)8-4-15/h2-13H,1H3. The van der Waals surface area contributed by atoms with E-state index in [1.54, 1.807) is 35.0 Å². The lowest BCUT2D eigenvalue weighted by Gasteiger charge is -2.10. The van der Waals surface area contributed by atoms with E-state index in [4.69, 9.17) is 28.3 Å². The first-order chi connectivity index (χ1) is 13.9. The van der Waals surface area contributed by atoms with Gasteiger partial charge in [-0.05, 0) is 42.8 Å². The molecule has 1 heterocycles. The number of nitro groups is 1. The Kier molecular flexibility index (Phi) is 5.09. The lowest BCUT2D eigenvalue weighted by molar-refractivity contribution is -0.384. The fourth-order valence-electron chi connectivity index (χ4n) is 3.09. The fraction of sp³-hybridized carbons (Fsp3) is 0.0455. The van der Waals surface area contributed by atoms with Gasteiger partial charge < -0.3 is 0 Å². The van der Waals surface area contributed by atoms with E-state index in [1.165, 1.54) is 12.1 Å². The van der Waals surface area contributed by atoms with Crippen molar-refractivity contribution in [2.45, 2.75) is 6.92 Å². The molecular formula is C22H15Cl2N3O2. The molecule has 0 saturated carbocycles. The van der Waals surface area contributed by atoms with Gasteiger partial charge in [0.1, 0.15) is 0 Å². The first kappa shape index (κ1) is 19.2. The minimum absolute atomic E-state index is 0.0104. The number of nitro benzene ring substituents is 1. The highest BCUT2D eigenvalue weighted by molar-refractivity contribution is 6.30. The summed E-state index contributed by atoms with van der Waals surface area (Å²) in [7, 11) is 0. The fourth-order valence-corrected chi connectivity index (χ4v) is 3.34. The molecule has 0 spiro atoms. The van der Waals surface area contributed by atoms with Gasteiger partial charge in [-0.1, -0.05) is 53.5 Å². The Morgan fingerprint density at radius 1 is 0.862 bits per heavy atom. The second-order valence-corrected chi connectivity index (χ2v) is 7.44. The quantitative estimate of drug-likeness (QED) is 0.270. The predicted molar refractivity (Wildman–Crippen MR) is 116 cm³/mol. The normalized spacial score (nSPS) is 10.9. The summed E-state index contributed by atoms with van der Waals surface area (Å²) in [5.41, 5.74) is 4.85. The Hall–Kier alpha value is -3.15. The van der Waals surface area contributed by atoms with Gasteiger partial charge in [-0.25, -0.2) is 4.68 Å². The molecule has 1 aromatic heterocycles. The highest BCUT2D eigenvalue weighted by Crippen LogP contribution is 2.32. The molecule has 0 aliphatic rings. The van der Waals surface area contributed by atoms with Crippen LogP contribution in [0.2, 0.25) is 10.0 Å². The molecule has 0 aliphatic carbocycles. The van der Waals surface area contributed by atoms with Crippen molar-refractivity contribution in [2.75, 3.05) is 0 Å². The minimum Gasteiger partial charge on any atom is -0.258 e. The molecule has 7 heteroatoms. The van der Waals surface area contributed by atoms with Crippen molar-refractivity contribution in [3.05, 3.63) is 98.5 Å². The lowest BCUT2D eigenvalue weighted by atomic mass is 10.1. The number of benzene rings is 3. The summed E-state index contributed by atoms with van der Waals surface area (Å²) in [4.78, 5) is 10.9. The first-order valence-corrected chi connectivity index (χ1v) is 9.55. The van der Waals surface area contributed by atoms with Gasteiger partial charge in [-0.2, -0.15) is 5.10 Å². The van der Waals surface area contributed by atoms with E-state index in [0.717, 1.165) is 28.1 Å². The van der Waals surface area contributed by atoms with Crippen molar-refractivity contribution in [2.24, 2.45) is 0 Å². The number of halogens is 2. The van der Waals surface area contributed by atoms with E-state index >= 15 is 0 Å². The van der Waals surface area contributed by atoms with Crippen LogP contribution in [-0.4, -0.2) is 14.7 Å². The van der Waals surface area contributed by atoms with E-state index in [0.29, 0.717) is 15.7 Å². The molecule has 4 rings (SSSR count). The van der Waals surface area contributed by atoms with Crippen LogP contribution < -0.4 is 0 Å². The van der Waals surface area contributed by atoms with Crippen LogP contribution in [0, 0.1) is 17.0 Å². The van der Waals surface area contributed by atoms with E-state index in [1.807, 2.05) is 37.3 Å². The van der Waals surface area contributed by atoms with Crippen LogP contribution in [0.4, 0.5) is 5.69 Å². The highest BCUT2D eigenvalue weighted by atomic mass is 35.5. The van der Waals surface area contributed by atoms with E-state index in [-0.39, 0.29) is 5.69 Å². The van der Waals surface area contributed by atoms with Crippen LogP contribution in [0.15, 0.2) is 72.8 Å². The van der Waals surface area contributed by atoms with Crippen LogP contribution >= 0.6 is 23.2 Å². The zero-order valence-corrected chi connectivity index (χ0v) is 16.9. The molecule has 0 amide bonds. The Morgan fingerprint density at radius 2 is 1.45 bits per heavy atom. The van der Waals surface area contributed by atoms with Crippen molar-refractivity contribution < 1.29 is 4.92 Å². The monoisotopic (exact) mass is 423 g/mol. The molecule has 0 bridgehead atoms. The third-order valence-corrected chi connectivity index (χ3v) is 5.13. The average molecular weight is 424 g/mol. The van der Waals surface area contributed by atoms with Gasteiger partial charge in [0.2, 0.25) is 0 Å². The molecule has 0 fully saturated rings. The Labute approximate surface area is 177 Å². The largest absolute Gasteiger partial charge is 0.271 e. The van der Waals surface area contributed by atoms with Gasteiger partial charge in [-0.3, -0.25) is 10.1 Å². The molecule has 29 heavy (non-hydrogen) atoms. The second kappa shape index (κ2) is 7.70. The summed E-state index contributed by atoms with van der Waals surface area (Å²) >= 11 is 12.1. The molecule has 0 aliphatic heterocycles. The molecular weight excluding hydrogens is 409 g/mol. The van der Waals surface area contributed by atoms with Crippen LogP contribution in [0.25, 0.3) is 28.2 Å². The van der Waals surface area contributed by atoms with Crippen molar-refractivity contribution >= 4 is 28.9 Å². The summed E-state index contributed by atoms with van der Waals surface area (Å²) < 4.78 is 1.73. The van der Waals surface area contributed by atoms with Crippen LogP contribution in [-0.2, 0) is 0 Å². The summed E-state index contributed by atoms with van der Waals surface area (Å²) in [6.45, 7) is 1.90. The second-order valence-electron chi connectivity index (χ2n) is 6.57. The topological polar surface area (TPSA) is 61.0 Å². The molecule has 3 aromatic carbocycles. The summed E-state index contributed by atoms with van der Waals surface area (Å²) in [5.74, 6) is 0. The van der Waals surface area contributed by atoms with Gasteiger partial charge in [0, 0.05) is 33.3 Å². The number of non-ortho nitro benzene ring substituents is 1. The Balaban J connectivity index is 1.94. The van der Waals surface area contributed by atoms with Gasteiger partial charge in [-0.15, -0.1) is 0 Å². The maximum atomic E-state index is 11.3. The number of nitrogens with zero attached hydrogens (tertiary/aromatic N) is 3. The SMILES string of the molecule is Cc1ccc([N+](=O)[O-])cc1-n1nc(-c2ccc(Cl)cc2)cc1-c1ccc(Cl)cc1. The van der Waals surface area contributed by atoms with Gasteiger partial charge in [0.05, 0.1) is 22.0 Å². The molecule has 0 radical (unpaired) electrons. The van der Waals surface area contributed by atoms with Gasteiger partial charge >= 0.3 is 0 Å². The lowest BCUT2D eigenvalue weighted by Crippen LogP contribution is -2.03. The smallest absolute Gasteiger partial charge is 0.258 e. The Bertz CT molecular complexity index is 1200. The number of aromatic nitrogens is 2. The van der Waals surface area contributed by atoms with E-state index in [9.17, 15) is 10.1 Å². The van der Waals surface area contributed by atoms with Crippen molar-refractivity contribution in [1.82, 2.24) is 9.78 Å². The highest BCUT2D eigenvalue weighted by Gasteiger charge is 2.17. The Morgan fingerprint density at radius 3 is 2.03 bits per heavy atom. The first-order valence-electron chi connectivity index (χ1n) is 8.80. The molecule has 4 aromatic rings. The van der Waals surface area contributed by atoms with Crippen molar-refractivity contribution in [3.8, 4) is 28.2 Å². The van der Waals surface area contributed by atoms with Crippen LogP contribution in [0.1, 0.15) is 5.56 Å². The third-order valence-electron chi connectivity index (χ3n) is 4.62. The number of hydrogen-bond donors (Lipinski definition) is 0. The molecule has 0 atom stereocenters. The molecule has 0 unspecified atom stereocenters. The molecule has 0 saturated heterocycles. The zero-order chi connectivity index (χ0) is 20.5. The average Bonchev–Trinajstić information content (AvgIpc) is 3.14. The maximum absolute atomic E-state index is 11.3. The summed E-state index contributed by atoms with van der Waals surface area (Å²) in [5, 5.41) is 17.3. The maximum Gasteiger partial charge on any atom is 0.271 e. The zero-order valence-electron chi connectivity index (χ0n) is 15.3. The number of hydrogen-bond acceptors (Lipinski definition) is 3. The third kappa shape index (κ3) is 3.88. The van der Waals surface area contributed by atoms with E-state index in [2.05, 4.69) is 0 Å². The molecule has 144 valence electrons. The van der Waals surface area contributed by atoms with Gasteiger partial charge in [0.25, 0.3) is 5.69 Å². The van der Waals surface area contributed by atoms with E-state index < -0.39 is 4.92 Å². The summed E-state index contributed by atoms with van der Waals surface area (Å²) in [6, 6.07) is 21.5. The van der Waals surface area contributed by atoms with Crippen LogP contribution in [0.3, 0.4) is 0 Å². The van der Waals surface area contributed by atoms with Crippen molar-refractivity contribution in [1.29, 1.82) is 0 Å². The minimum atomic E-state index is -0.408. The van der Waals surface area contributed by atoms with Gasteiger partial charge in [0.15, 0.2) is 0 Å². The van der Waals surface area contributed by atoms with Crippen LogP contribution in [0.5, 0.6) is 0 Å².